The van der Waals surface area contributed by atoms with E-state index >= 15 is 0 Å². The summed E-state index contributed by atoms with van der Waals surface area (Å²) in [7, 11) is 0. The number of benzene rings is 2. The zero-order valence-electron chi connectivity index (χ0n) is 10.8. The molecule has 0 spiro atoms. The lowest BCUT2D eigenvalue weighted by Gasteiger charge is -2.08. The summed E-state index contributed by atoms with van der Waals surface area (Å²) in [5, 5.41) is 9.00. The monoisotopic (exact) mass is 288 g/mol. The van der Waals surface area contributed by atoms with Gasteiger partial charge in [-0.15, -0.1) is 0 Å². The highest BCUT2D eigenvalue weighted by atomic mass is 35.5. The summed E-state index contributed by atoms with van der Waals surface area (Å²) in [6.07, 6.45) is 2.54. The van der Waals surface area contributed by atoms with E-state index in [2.05, 4.69) is 0 Å². The number of carboxylic acids is 1. The van der Waals surface area contributed by atoms with Gasteiger partial charge in [0.1, 0.15) is 11.5 Å². The van der Waals surface area contributed by atoms with Crippen LogP contribution in [-0.2, 0) is 4.79 Å². The maximum Gasteiger partial charge on any atom is 0.328 e. The molecule has 0 heterocycles. The van der Waals surface area contributed by atoms with E-state index in [1.165, 1.54) is 6.08 Å². The number of aryl methyl sites for hydroxylation is 1. The van der Waals surface area contributed by atoms with Gasteiger partial charge < -0.3 is 9.84 Å². The second kappa shape index (κ2) is 6.26. The first-order valence-electron chi connectivity index (χ1n) is 6.00. The highest BCUT2D eigenvalue weighted by Gasteiger charge is 2.04. The molecular weight excluding hydrogens is 276 g/mol. The van der Waals surface area contributed by atoms with E-state index in [1.807, 2.05) is 31.2 Å². The number of ether oxygens (including phenoxy) is 1. The Balaban J connectivity index is 2.17. The molecule has 2 aromatic rings. The topological polar surface area (TPSA) is 46.5 Å². The van der Waals surface area contributed by atoms with Crippen LogP contribution >= 0.6 is 11.6 Å². The van der Waals surface area contributed by atoms with Gasteiger partial charge in [0.2, 0.25) is 0 Å². The molecule has 0 aromatic heterocycles. The number of hydrogen-bond donors (Lipinski definition) is 1. The SMILES string of the molecule is Cc1ccc(Oc2ccc(/C=C/C(=O)O)cc2Cl)cc1. The maximum absolute atomic E-state index is 10.4. The minimum atomic E-state index is -0.999. The zero-order chi connectivity index (χ0) is 14.5. The van der Waals surface area contributed by atoms with E-state index in [0.29, 0.717) is 22.1 Å². The fourth-order valence-corrected chi connectivity index (χ4v) is 1.83. The second-order valence-corrected chi connectivity index (χ2v) is 4.68. The Hall–Kier alpha value is -2.26. The molecule has 2 rings (SSSR count). The van der Waals surface area contributed by atoms with Gasteiger partial charge >= 0.3 is 5.97 Å². The van der Waals surface area contributed by atoms with E-state index in [0.717, 1.165) is 11.6 Å². The van der Waals surface area contributed by atoms with Gasteiger partial charge in [-0.2, -0.15) is 0 Å². The molecular formula is C16H13ClO3. The minimum Gasteiger partial charge on any atom is -0.478 e. The Kier molecular flexibility index (Phi) is 4.43. The average molecular weight is 289 g/mol. The molecule has 0 radical (unpaired) electrons. The third kappa shape index (κ3) is 3.87. The Bertz CT molecular complexity index is 645. The molecule has 102 valence electrons. The number of rotatable bonds is 4. The van der Waals surface area contributed by atoms with Crippen LogP contribution in [0.3, 0.4) is 0 Å². The molecule has 20 heavy (non-hydrogen) atoms. The number of hydrogen-bond acceptors (Lipinski definition) is 2. The average Bonchev–Trinajstić information content (AvgIpc) is 2.41. The Morgan fingerprint density at radius 3 is 2.50 bits per heavy atom. The molecule has 2 aromatic carbocycles. The van der Waals surface area contributed by atoms with Crippen molar-refractivity contribution in [2.45, 2.75) is 6.92 Å². The van der Waals surface area contributed by atoms with Crippen molar-refractivity contribution in [2.75, 3.05) is 0 Å². The summed E-state index contributed by atoms with van der Waals surface area (Å²) < 4.78 is 5.67. The van der Waals surface area contributed by atoms with Crippen molar-refractivity contribution in [3.63, 3.8) is 0 Å². The van der Waals surface area contributed by atoms with Crippen LogP contribution in [0, 0.1) is 6.92 Å². The first kappa shape index (κ1) is 14.2. The summed E-state index contributed by atoms with van der Waals surface area (Å²) in [5.74, 6) is 0.232. The molecule has 0 aliphatic heterocycles. The maximum atomic E-state index is 10.4. The first-order chi connectivity index (χ1) is 9.54. The normalized spacial score (nSPS) is 10.7. The first-order valence-corrected chi connectivity index (χ1v) is 6.37. The lowest BCUT2D eigenvalue weighted by atomic mass is 10.2. The summed E-state index contributed by atoms with van der Waals surface area (Å²) in [4.78, 5) is 10.4. The molecule has 0 aliphatic carbocycles. The van der Waals surface area contributed by atoms with E-state index in [1.54, 1.807) is 18.2 Å². The van der Waals surface area contributed by atoms with Crippen LogP contribution in [0.25, 0.3) is 6.08 Å². The molecule has 0 aliphatic rings. The quantitative estimate of drug-likeness (QED) is 0.840. The van der Waals surface area contributed by atoms with Gasteiger partial charge in [-0.05, 0) is 42.8 Å². The van der Waals surface area contributed by atoms with Crippen molar-refractivity contribution < 1.29 is 14.6 Å². The number of carboxylic acid groups (broad SMARTS) is 1. The predicted octanol–water partition coefficient (Wildman–Crippen LogP) is 4.54. The molecule has 0 bridgehead atoms. The van der Waals surface area contributed by atoms with Gasteiger partial charge in [-0.25, -0.2) is 4.79 Å². The van der Waals surface area contributed by atoms with Crippen molar-refractivity contribution in [2.24, 2.45) is 0 Å². The van der Waals surface area contributed by atoms with E-state index < -0.39 is 5.97 Å². The Labute approximate surface area is 122 Å². The lowest BCUT2D eigenvalue weighted by Crippen LogP contribution is -1.88. The van der Waals surface area contributed by atoms with Crippen molar-refractivity contribution in [1.82, 2.24) is 0 Å². The van der Waals surface area contributed by atoms with Crippen LogP contribution in [0.15, 0.2) is 48.5 Å². The number of aliphatic carboxylic acids is 1. The van der Waals surface area contributed by atoms with E-state index in [9.17, 15) is 4.79 Å². The summed E-state index contributed by atoms with van der Waals surface area (Å²) >= 11 is 6.12. The van der Waals surface area contributed by atoms with Gasteiger partial charge in [0.25, 0.3) is 0 Å². The summed E-state index contributed by atoms with van der Waals surface area (Å²) in [6.45, 7) is 2.00. The Morgan fingerprint density at radius 1 is 1.20 bits per heavy atom. The molecule has 0 unspecified atom stereocenters. The highest BCUT2D eigenvalue weighted by molar-refractivity contribution is 6.32. The van der Waals surface area contributed by atoms with Crippen LogP contribution in [0.4, 0.5) is 0 Å². The number of halogens is 1. The molecule has 0 amide bonds. The molecule has 4 heteroatoms. The molecule has 0 saturated heterocycles. The van der Waals surface area contributed by atoms with Crippen molar-refractivity contribution in [1.29, 1.82) is 0 Å². The van der Waals surface area contributed by atoms with Crippen molar-refractivity contribution in [3.05, 3.63) is 64.7 Å². The van der Waals surface area contributed by atoms with Crippen molar-refractivity contribution in [3.8, 4) is 11.5 Å². The molecule has 3 nitrogen and oxygen atoms in total. The van der Waals surface area contributed by atoms with Crippen LogP contribution in [0.5, 0.6) is 11.5 Å². The smallest absolute Gasteiger partial charge is 0.328 e. The van der Waals surface area contributed by atoms with Gasteiger partial charge in [0, 0.05) is 6.08 Å². The van der Waals surface area contributed by atoms with Crippen LogP contribution in [0.1, 0.15) is 11.1 Å². The van der Waals surface area contributed by atoms with E-state index in [-0.39, 0.29) is 0 Å². The standard InChI is InChI=1S/C16H13ClO3/c1-11-2-6-13(7-3-11)20-15-8-4-12(10-14(15)17)5-9-16(18)19/h2-10H,1H3,(H,18,19)/b9-5+. The third-order valence-corrected chi connectivity index (χ3v) is 2.92. The molecule has 0 saturated carbocycles. The van der Waals surface area contributed by atoms with Gasteiger partial charge in [0.15, 0.2) is 0 Å². The summed E-state index contributed by atoms with van der Waals surface area (Å²) in [6, 6.07) is 12.7. The fraction of sp³-hybridized carbons (Fsp3) is 0.0625. The zero-order valence-corrected chi connectivity index (χ0v) is 11.6. The van der Waals surface area contributed by atoms with Gasteiger partial charge in [0.05, 0.1) is 5.02 Å². The molecule has 1 N–H and O–H groups in total. The molecule has 0 fully saturated rings. The third-order valence-electron chi connectivity index (χ3n) is 2.62. The minimum absolute atomic E-state index is 0.429. The number of carbonyl (C=O) groups is 1. The Morgan fingerprint density at radius 2 is 1.90 bits per heavy atom. The van der Waals surface area contributed by atoms with Crippen LogP contribution in [0.2, 0.25) is 5.02 Å². The van der Waals surface area contributed by atoms with Crippen LogP contribution < -0.4 is 4.74 Å². The molecule has 0 atom stereocenters. The predicted molar refractivity (Wildman–Crippen MR) is 79.4 cm³/mol. The highest BCUT2D eigenvalue weighted by Crippen LogP contribution is 2.30. The second-order valence-electron chi connectivity index (χ2n) is 4.28. The van der Waals surface area contributed by atoms with Gasteiger partial charge in [-0.1, -0.05) is 35.4 Å². The van der Waals surface area contributed by atoms with Crippen molar-refractivity contribution >= 4 is 23.6 Å². The summed E-state index contributed by atoms with van der Waals surface area (Å²) in [5.41, 5.74) is 1.85. The van der Waals surface area contributed by atoms with Crippen LogP contribution in [-0.4, -0.2) is 11.1 Å². The fourth-order valence-electron chi connectivity index (χ4n) is 1.60. The lowest BCUT2D eigenvalue weighted by molar-refractivity contribution is -0.131. The van der Waals surface area contributed by atoms with Gasteiger partial charge in [-0.3, -0.25) is 0 Å². The largest absolute Gasteiger partial charge is 0.478 e. The van der Waals surface area contributed by atoms with E-state index in [4.69, 9.17) is 21.4 Å².